The maximum atomic E-state index is 6.43. The molecule has 2 aromatic carbocycles. The normalized spacial score (nSPS) is 14.9. The predicted octanol–water partition coefficient (Wildman–Crippen LogP) is 3.74. The standard InChI is InChI=1S/C16H16BrNO/c1-10-3-2-4-11(7-10)15(18)14-9-13(17)8-12-5-6-19-16(12)14/h2-4,7-9,15H,5-6,18H2,1H3. The summed E-state index contributed by atoms with van der Waals surface area (Å²) < 4.78 is 6.82. The van der Waals surface area contributed by atoms with Crippen LogP contribution in [-0.2, 0) is 6.42 Å². The van der Waals surface area contributed by atoms with Crippen molar-refractivity contribution in [1.29, 1.82) is 0 Å². The third-order valence-electron chi connectivity index (χ3n) is 3.51. The molecule has 2 aromatic rings. The summed E-state index contributed by atoms with van der Waals surface area (Å²) in [5.41, 5.74) is 11.1. The summed E-state index contributed by atoms with van der Waals surface area (Å²) in [7, 11) is 0. The van der Waals surface area contributed by atoms with Crippen LogP contribution in [0.2, 0.25) is 0 Å². The Morgan fingerprint density at radius 3 is 2.89 bits per heavy atom. The van der Waals surface area contributed by atoms with E-state index in [1.165, 1.54) is 11.1 Å². The van der Waals surface area contributed by atoms with Crippen LogP contribution in [0.4, 0.5) is 0 Å². The molecule has 0 aromatic heterocycles. The van der Waals surface area contributed by atoms with Gasteiger partial charge < -0.3 is 10.5 Å². The van der Waals surface area contributed by atoms with E-state index < -0.39 is 0 Å². The minimum absolute atomic E-state index is 0.149. The molecular weight excluding hydrogens is 302 g/mol. The maximum absolute atomic E-state index is 6.43. The Hall–Kier alpha value is -1.32. The summed E-state index contributed by atoms with van der Waals surface area (Å²) in [5.74, 6) is 0.970. The third kappa shape index (κ3) is 2.40. The molecule has 1 aliphatic rings. The Bertz CT molecular complexity index is 624. The van der Waals surface area contributed by atoms with Crippen molar-refractivity contribution >= 4 is 15.9 Å². The van der Waals surface area contributed by atoms with Gasteiger partial charge in [-0.25, -0.2) is 0 Å². The summed E-state index contributed by atoms with van der Waals surface area (Å²) >= 11 is 3.56. The van der Waals surface area contributed by atoms with E-state index in [2.05, 4.69) is 53.2 Å². The van der Waals surface area contributed by atoms with E-state index in [1.807, 2.05) is 6.07 Å². The van der Waals surface area contributed by atoms with Gasteiger partial charge in [0.1, 0.15) is 5.75 Å². The third-order valence-corrected chi connectivity index (χ3v) is 3.97. The highest BCUT2D eigenvalue weighted by Gasteiger charge is 2.22. The van der Waals surface area contributed by atoms with Crippen LogP contribution in [0.25, 0.3) is 0 Å². The first kappa shape index (κ1) is 12.7. The summed E-state index contributed by atoms with van der Waals surface area (Å²) in [6, 6.07) is 12.4. The molecule has 2 N–H and O–H groups in total. The smallest absolute Gasteiger partial charge is 0.127 e. The number of fused-ring (bicyclic) bond motifs is 1. The van der Waals surface area contributed by atoms with Gasteiger partial charge in [0.15, 0.2) is 0 Å². The van der Waals surface area contributed by atoms with Crippen molar-refractivity contribution in [2.45, 2.75) is 19.4 Å². The molecule has 1 aliphatic heterocycles. The molecule has 0 spiro atoms. The molecule has 98 valence electrons. The zero-order valence-electron chi connectivity index (χ0n) is 10.8. The average Bonchev–Trinajstić information content (AvgIpc) is 2.85. The molecule has 0 amide bonds. The summed E-state index contributed by atoms with van der Waals surface area (Å²) in [6.07, 6.45) is 0.961. The molecule has 0 saturated carbocycles. The van der Waals surface area contributed by atoms with E-state index in [0.29, 0.717) is 0 Å². The molecule has 1 atom stereocenters. The summed E-state index contributed by atoms with van der Waals surface area (Å²) in [5, 5.41) is 0. The molecule has 1 unspecified atom stereocenters. The van der Waals surface area contributed by atoms with Crippen LogP contribution in [0.1, 0.15) is 28.3 Å². The minimum Gasteiger partial charge on any atom is -0.493 e. The average molecular weight is 318 g/mol. The van der Waals surface area contributed by atoms with Crippen molar-refractivity contribution in [3.05, 3.63) is 63.1 Å². The van der Waals surface area contributed by atoms with Crippen molar-refractivity contribution < 1.29 is 4.74 Å². The van der Waals surface area contributed by atoms with Crippen LogP contribution in [0.5, 0.6) is 5.75 Å². The molecule has 0 radical (unpaired) electrons. The number of benzene rings is 2. The largest absolute Gasteiger partial charge is 0.493 e. The van der Waals surface area contributed by atoms with E-state index in [1.54, 1.807) is 0 Å². The van der Waals surface area contributed by atoms with E-state index in [-0.39, 0.29) is 6.04 Å². The number of nitrogens with two attached hydrogens (primary N) is 1. The predicted molar refractivity (Wildman–Crippen MR) is 80.6 cm³/mol. The van der Waals surface area contributed by atoms with Crippen LogP contribution < -0.4 is 10.5 Å². The molecule has 3 rings (SSSR count). The minimum atomic E-state index is -0.149. The fourth-order valence-corrected chi connectivity index (χ4v) is 3.10. The lowest BCUT2D eigenvalue weighted by molar-refractivity contribution is 0.352. The van der Waals surface area contributed by atoms with E-state index >= 15 is 0 Å². The highest BCUT2D eigenvalue weighted by molar-refractivity contribution is 9.10. The number of halogens is 1. The molecule has 19 heavy (non-hydrogen) atoms. The topological polar surface area (TPSA) is 35.2 Å². The van der Waals surface area contributed by atoms with Crippen LogP contribution in [-0.4, -0.2) is 6.61 Å². The van der Waals surface area contributed by atoms with Crippen LogP contribution in [0.3, 0.4) is 0 Å². The van der Waals surface area contributed by atoms with Gasteiger partial charge in [0.25, 0.3) is 0 Å². The van der Waals surface area contributed by atoms with Gasteiger partial charge in [0, 0.05) is 16.5 Å². The first-order chi connectivity index (χ1) is 9.15. The summed E-state index contributed by atoms with van der Waals surface area (Å²) in [4.78, 5) is 0. The Labute approximate surface area is 121 Å². The van der Waals surface area contributed by atoms with Crippen LogP contribution in [0, 0.1) is 6.92 Å². The fourth-order valence-electron chi connectivity index (χ4n) is 2.57. The van der Waals surface area contributed by atoms with Crippen LogP contribution in [0.15, 0.2) is 40.9 Å². The lowest BCUT2D eigenvalue weighted by Crippen LogP contribution is -2.13. The molecule has 0 saturated heterocycles. The highest BCUT2D eigenvalue weighted by Crippen LogP contribution is 2.37. The molecule has 2 nitrogen and oxygen atoms in total. The van der Waals surface area contributed by atoms with Crippen molar-refractivity contribution in [2.24, 2.45) is 5.73 Å². The van der Waals surface area contributed by atoms with E-state index in [4.69, 9.17) is 10.5 Å². The second-order valence-electron chi connectivity index (χ2n) is 4.97. The Balaban J connectivity index is 2.07. The lowest BCUT2D eigenvalue weighted by atomic mass is 9.96. The number of aryl methyl sites for hydroxylation is 1. The van der Waals surface area contributed by atoms with Gasteiger partial charge in [-0.15, -0.1) is 0 Å². The second kappa shape index (κ2) is 4.99. The van der Waals surface area contributed by atoms with E-state index in [0.717, 1.165) is 34.4 Å². The number of hydrogen-bond acceptors (Lipinski definition) is 2. The lowest BCUT2D eigenvalue weighted by Gasteiger charge is -2.17. The Morgan fingerprint density at radius 2 is 2.11 bits per heavy atom. The SMILES string of the molecule is Cc1cccc(C(N)c2cc(Br)cc3c2OCC3)c1. The van der Waals surface area contributed by atoms with E-state index in [9.17, 15) is 0 Å². The number of ether oxygens (including phenoxy) is 1. The Morgan fingerprint density at radius 1 is 1.26 bits per heavy atom. The van der Waals surface area contributed by atoms with Gasteiger partial charge in [-0.1, -0.05) is 45.8 Å². The van der Waals surface area contributed by atoms with Crippen molar-refractivity contribution in [3.8, 4) is 5.75 Å². The van der Waals surface area contributed by atoms with Crippen molar-refractivity contribution in [2.75, 3.05) is 6.61 Å². The molecule has 1 heterocycles. The number of hydrogen-bond donors (Lipinski definition) is 1. The van der Waals surface area contributed by atoms with Crippen molar-refractivity contribution in [3.63, 3.8) is 0 Å². The zero-order chi connectivity index (χ0) is 13.4. The monoisotopic (exact) mass is 317 g/mol. The van der Waals surface area contributed by atoms with Gasteiger partial charge in [-0.3, -0.25) is 0 Å². The first-order valence-corrected chi connectivity index (χ1v) is 7.22. The fraction of sp³-hybridized carbons (Fsp3) is 0.250. The maximum Gasteiger partial charge on any atom is 0.127 e. The number of rotatable bonds is 2. The van der Waals surface area contributed by atoms with Gasteiger partial charge >= 0.3 is 0 Å². The van der Waals surface area contributed by atoms with Crippen LogP contribution >= 0.6 is 15.9 Å². The van der Waals surface area contributed by atoms with Crippen molar-refractivity contribution in [1.82, 2.24) is 0 Å². The Kier molecular flexibility index (Phi) is 3.33. The van der Waals surface area contributed by atoms with Gasteiger partial charge in [0.2, 0.25) is 0 Å². The molecule has 0 bridgehead atoms. The molecular formula is C16H16BrNO. The summed E-state index contributed by atoms with van der Waals surface area (Å²) in [6.45, 7) is 2.83. The zero-order valence-corrected chi connectivity index (χ0v) is 12.4. The molecule has 3 heteroatoms. The molecule has 0 fully saturated rings. The van der Waals surface area contributed by atoms with Gasteiger partial charge in [0.05, 0.1) is 12.6 Å². The molecule has 0 aliphatic carbocycles. The quantitative estimate of drug-likeness (QED) is 0.915. The highest BCUT2D eigenvalue weighted by atomic mass is 79.9. The second-order valence-corrected chi connectivity index (χ2v) is 5.89. The van der Waals surface area contributed by atoms with Gasteiger partial charge in [-0.05, 0) is 30.2 Å². The first-order valence-electron chi connectivity index (χ1n) is 6.42. The van der Waals surface area contributed by atoms with Gasteiger partial charge in [-0.2, -0.15) is 0 Å².